The second kappa shape index (κ2) is 6.80. The first-order chi connectivity index (χ1) is 12.6. The van der Waals surface area contributed by atoms with E-state index in [0.29, 0.717) is 22.0 Å². The maximum atomic E-state index is 12.8. The highest BCUT2D eigenvalue weighted by Crippen LogP contribution is 2.32. The summed E-state index contributed by atoms with van der Waals surface area (Å²) in [7, 11) is 0. The van der Waals surface area contributed by atoms with Gasteiger partial charge in [-0.1, -0.05) is 47.1 Å². The molecule has 2 amide bonds. The molecule has 2 aromatic carbocycles. The molecule has 1 saturated heterocycles. The second-order valence-corrected chi connectivity index (χ2v) is 6.41. The lowest BCUT2D eigenvalue weighted by Crippen LogP contribution is -2.36. The van der Waals surface area contributed by atoms with Crippen LogP contribution in [0.15, 0.2) is 59.8 Å². The number of para-hydroxylation sites is 1. The van der Waals surface area contributed by atoms with Gasteiger partial charge in [0.05, 0.1) is 6.54 Å². The summed E-state index contributed by atoms with van der Waals surface area (Å²) in [5, 5.41) is 4.54. The van der Waals surface area contributed by atoms with Crippen molar-refractivity contribution in [3.05, 3.63) is 65.2 Å². The third-order valence-corrected chi connectivity index (χ3v) is 4.62. The van der Waals surface area contributed by atoms with Crippen molar-refractivity contribution in [1.29, 1.82) is 0 Å². The van der Waals surface area contributed by atoms with Crippen LogP contribution in [0, 0.1) is 5.92 Å². The molecule has 0 unspecified atom stereocenters. The van der Waals surface area contributed by atoms with E-state index in [1.54, 1.807) is 24.3 Å². The van der Waals surface area contributed by atoms with Gasteiger partial charge in [-0.15, -0.1) is 0 Å². The Morgan fingerprint density at radius 3 is 2.50 bits per heavy atom. The van der Waals surface area contributed by atoms with Crippen molar-refractivity contribution in [2.45, 2.75) is 6.10 Å². The van der Waals surface area contributed by atoms with Gasteiger partial charge in [0.15, 0.2) is 0 Å². The van der Waals surface area contributed by atoms with Gasteiger partial charge in [0, 0.05) is 10.6 Å². The fourth-order valence-corrected chi connectivity index (χ4v) is 3.21. The van der Waals surface area contributed by atoms with Crippen LogP contribution in [-0.4, -0.2) is 41.7 Å². The smallest absolute Gasteiger partial charge is 0.274 e. The molecule has 0 saturated carbocycles. The average Bonchev–Trinajstić information content (AvgIpc) is 3.19. The van der Waals surface area contributed by atoms with Crippen LogP contribution in [0.4, 0.5) is 0 Å². The minimum Gasteiger partial charge on any atom is -0.492 e. The average molecular weight is 371 g/mol. The van der Waals surface area contributed by atoms with Crippen LogP contribution in [0.3, 0.4) is 0 Å². The number of hydrogen-bond acceptors (Lipinski definition) is 5. The number of rotatable bonds is 5. The maximum absolute atomic E-state index is 12.8. The zero-order valence-corrected chi connectivity index (χ0v) is 14.4. The predicted molar refractivity (Wildman–Crippen MR) is 95.0 cm³/mol. The summed E-state index contributed by atoms with van der Waals surface area (Å²) in [5.41, 5.74) is 1.17. The van der Waals surface area contributed by atoms with E-state index in [-0.39, 0.29) is 25.0 Å². The lowest BCUT2D eigenvalue weighted by atomic mass is 9.94. The minimum absolute atomic E-state index is 0.164. The number of amides is 2. The van der Waals surface area contributed by atoms with Crippen LogP contribution >= 0.6 is 11.6 Å². The summed E-state index contributed by atoms with van der Waals surface area (Å²) in [6.45, 7) is 0.380. The molecule has 2 heterocycles. The van der Waals surface area contributed by atoms with Crippen molar-refractivity contribution in [3.8, 4) is 5.75 Å². The molecule has 26 heavy (non-hydrogen) atoms. The van der Waals surface area contributed by atoms with Crippen molar-refractivity contribution in [1.82, 2.24) is 4.90 Å². The lowest BCUT2D eigenvalue weighted by Gasteiger charge is -2.15. The molecule has 0 N–H and O–H groups in total. The van der Waals surface area contributed by atoms with E-state index in [0.717, 1.165) is 0 Å². The van der Waals surface area contributed by atoms with Crippen LogP contribution in [0.25, 0.3) is 0 Å². The number of imide groups is 1. The number of likely N-dealkylation sites (tertiary alicyclic amines) is 1. The quantitative estimate of drug-likeness (QED) is 0.758. The Balaban J connectivity index is 1.45. The number of carbonyl (C=O) groups is 2. The van der Waals surface area contributed by atoms with Crippen LogP contribution in [-0.2, 0) is 14.4 Å². The Morgan fingerprint density at radius 2 is 1.77 bits per heavy atom. The molecule has 0 aliphatic carbocycles. The number of benzene rings is 2. The van der Waals surface area contributed by atoms with Gasteiger partial charge in [0.1, 0.15) is 24.0 Å². The Kier molecular flexibility index (Phi) is 4.34. The summed E-state index contributed by atoms with van der Waals surface area (Å²) in [6, 6.07) is 16.2. The molecule has 0 spiro atoms. The second-order valence-electron chi connectivity index (χ2n) is 5.98. The molecule has 1 fully saturated rings. The number of nitrogens with zero attached hydrogens (tertiary/aromatic N) is 2. The molecule has 6 nitrogen and oxygen atoms in total. The van der Waals surface area contributed by atoms with E-state index in [1.165, 1.54) is 4.90 Å². The molecule has 7 heteroatoms. The Morgan fingerprint density at radius 1 is 1.04 bits per heavy atom. The normalized spacial score (nSPS) is 21.4. The molecule has 2 aromatic rings. The summed E-state index contributed by atoms with van der Waals surface area (Å²) >= 11 is 5.90. The van der Waals surface area contributed by atoms with Crippen molar-refractivity contribution < 1.29 is 19.2 Å². The lowest BCUT2D eigenvalue weighted by molar-refractivity contribution is -0.142. The number of hydrogen-bond donors (Lipinski definition) is 0. The molecule has 2 atom stereocenters. The molecule has 0 aromatic heterocycles. The number of carbonyl (C=O) groups excluding carboxylic acids is 2. The maximum Gasteiger partial charge on any atom is 0.274 e. The summed E-state index contributed by atoms with van der Waals surface area (Å²) < 4.78 is 5.58. The summed E-state index contributed by atoms with van der Waals surface area (Å²) in [5.74, 6) is -0.737. The van der Waals surface area contributed by atoms with Crippen LogP contribution in [0.5, 0.6) is 5.75 Å². The highest BCUT2D eigenvalue weighted by molar-refractivity contribution is 6.31. The molecule has 0 bridgehead atoms. The van der Waals surface area contributed by atoms with Crippen LogP contribution < -0.4 is 4.74 Å². The SMILES string of the molecule is O=C1[C@@H]2C(c3ccc(Cl)cc3)=NO[C@@H]2C(=O)N1CCOc1ccccc1. The Bertz CT molecular complexity index is 867. The van der Waals surface area contributed by atoms with Gasteiger partial charge in [-0.05, 0) is 24.3 Å². The van der Waals surface area contributed by atoms with Crippen LogP contribution in [0.2, 0.25) is 5.02 Å². The standard InChI is InChI=1S/C19H15ClN2O4/c20-13-8-6-12(7-9-13)16-15-17(26-21-16)19(24)22(18(15)23)10-11-25-14-4-2-1-3-5-14/h1-9,15,17H,10-11H2/t15-,17+/m1/s1. The summed E-state index contributed by atoms with van der Waals surface area (Å²) in [6.07, 6.45) is -0.898. The van der Waals surface area contributed by atoms with Gasteiger partial charge < -0.3 is 9.57 Å². The number of oxime groups is 1. The van der Waals surface area contributed by atoms with Crippen molar-refractivity contribution in [2.75, 3.05) is 13.2 Å². The third kappa shape index (κ3) is 2.93. The van der Waals surface area contributed by atoms with Crippen LogP contribution in [0.1, 0.15) is 5.56 Å². The van der Waals surface area contributed by atoms with Gasteiger partial charge >= 0.3 is 0 Å². The molecular formula is C19H15ClN2O4. The third-order valence-electron chi connectivity index (χ3n) is 4.37. The molecule has 2 aliphatic heterocycles. The fourth-order valence-electron chi connectivity index (χ4n) is 3.08. The molecule has 132 valence electrons. The van der Waals surface area contributed by atoms with E-state index >= 15 is 0 Å². The minimum atomic E-state index is -0.898. The first kappa shape index (κ1) is 16.6. The van der Waals surface area contributed by atoms with Crippen molar-refractivity contribution >= 4 is 29.1 Å². The molecule has 0 radical (unpaired) electrons. The zero-order valence-electron chi connectivity index (χ0n) is 13.7. The van der Waals surface area contributed by atoms with Crippen molar-refractivity contribution in [3.63, 3.8) is 0 Å². The Labute approximate surface area is 154 Å². The van der Waals surface area contributed by atoms with Gasteiger partial charge in [-0.2, -0.15) is 0 Å². The van der Waals surface area contributed by atoms with Gasteiger partial charge in [0.2, 0.25) is 12.0 Å². The topological polar surface area (TPSA) is 68.2 Å². The van der Waals surface area contributed by atoms with Gasteiger partial charge in [0.25, 0.3) is 5.91 Å². The molecule has 2 aliphatic rings. The number of fused-ring (bicyclic) bond motifs is 1. The number of halogens is 1. The first-order valence-corrected chi connectivity index (χ1v) is 8.55. The van der Waals surface area contributed by atoms with Gasteiger partial charge in [-0.3, -0.25) is 14.5 Å². The zero-order chi connectivity index (χ0) is 18.1. The largest absolute Gasteiger partial charge is 0.492 e. The number of ether oxygens (including phenoxy) is 1. The Hall–Kier alpha value is -2.86. The van der Waals surface area contributed by atoms with E-state index in [9.17, 15) is 9.59 Å². The van der Waals surface area contributed by atoms with Crippen molar-refractivity contribution in [2.24, 2.45) is 11.1 Å². The first-order valence-electron chi connectivity index (χ1n) is 8.18. The van der Waals surface area contributed by atoms with E-state index in [4.69, 9.17) is 21.2 Å². The fraction of sp³-hybridized carbons (Fsp3) is 0.211. The van der Waals surface area contributed by atoms with E-state index in [1.807, 2.05) is 30.3 Å². The van der Waals surface area contributed by atoms with E-state index in [2.05, 4.69) is 5.16 Å². The van der Waals surface area contributed by atoms with Gasteiger partial charge in [-0.25, -0.2) is 0 Å². The molecule has 4 rings (SSSR count). The highest BCUT2D eigenvalue weighted by Gasteiger charge is 2.55. The highest BCUT2D eigenvalue weighted by atomic mass is 35.5. The summed E-state index contributed by atoms with van der Waals surface area (Å²) in [4.78, 5) is 31.7. The van der Waals surface area contributed by atoms with E-state index < -0.39 is 12.0 Å². The monoisotopic (exact) mass is 370 g/mol. The molecular weight excluding hydrogens is 356 g/mol. The predicted octanol–water partition coefficient (Wildman–Crippen LogP) is 2.51.